The van der Waals surface area contributed by atoms with Crippen molar-refractivity contribution in [2.75, 3.05) is 24.8 Å². The van der Waals surface area contributed by atoms with Crippen LogP contribution in [-0.4, -0.2) is 29.1 Å². The highest BCUT2D eigenvalue weighted by Crippen LogP contribution is 2.30. The second-order valence-corrected chi connectivity index (χ2v) is 4.81. The number of nitrogens with zero attached hydrogens (tertiary/aromatic N) is 2. The monoisotopic (exact) mass is 301 g/mol. The molecule has 0 saturated carbocycles. The highest BCUT2D eigenvalue weighted by atomic mass is 19.1. The third kappa shape index (κ3) is 2.41. The van der Waals surface area contributed by atoms with E-state index in [9.17, 15) is 4.39 Å². The van der Waals surface area contributed by atoms with Crippen molar-refractivity contribution in [2.45, 2.75) is 6.92 Å². The summed E-state index contributed by atoms with van der Waals surface area (Å²) in [5.74, 6) is 1.24. The number of halogens is 1. The van der Waals surface area contributed by atoms with Crippen LogP contribution >= 0.6 is 0 Å². The third-order valence-corrected chi connectivity index (χ3v) is 3.38. The molecule has 3 N–H and O–H groups in total. The van der Waals surface area contributed by atoms with Gasteiger partial charge in [0.1, 0.15) is 23.0 Å². The van der Waals surface area contributed by atoms with Gasteiger partial charge in [0.15, 0.2) is 0 Å². The van der Waals surface area contributed by atoms with E-state index in [-0.39, 0.29) is 5.82 Å². The van der Waals surface area contributed by atoms with Gasteiger partial charge < -0.3 is 20.4 Å². The quantitative estimate of drug-likeness (QED) is 0.690. The SMILES string of the molecule is CNc1nc(Nc2cc(F)c(C)cc2OC)nc2[nH]ccc12. The number of nitrogens with one attached hydrogen (secondary N) is 3. The van der Waals surface area contributed by atoms with E-state index in [1.807, 2.05) is 6.07 Å². The van der Waals surface area contributed by atoms with E-state index in [0.29, 0.717) is 34.4 Å². The first-order chi connectivity index (χ1) is 10.6. The fraction of sp³-hybridized carbons (Fsp3) is 0.200. The molecule has 0 radical (unpaired) electrons. The van der Waals surface area contributed by atoms with Gasteiger partial charge in [0.25, 0.3) is 0 Å². The number of aromatic amines is 1. The van der Waals surface area contributed by atoms with Crippen molar-refractivity contribution in [3.05, 3.63) is 35.8 Å². The first-order valence-electron chi connectivity index (χ1n) is 6.76. The van der Waals surface area contributed by atoms with Gasteiger partial charge in [-0.2, -0.15) is 9.97 Å². The largest absolute Gasteiger partial charge is 0.495 e. The van der Waals surface area contributed by atoms with Gasteiger partial charge in [-0.15, -0.1) is 0 Å². The first-order valence-corrected chi connectivity index (χ1v) is 6.76. The molecule has 0 spiro atoms. The number of methoxy groups -OCH3 is 1. The van der Waals surface area contributed by atoms with E-state index >= 15 is 0 Å². The summed E-state index contributed by atoms with van der Waals surface area (Å²) in [6.07, 6.45) is 1.79. The Morgan fingerprint density at radius 3 is 2.82 bits per heavy atom. The normalized spacial score (nSPS) is 10.7. The zero-order chi connectivity index (χ0) is 15.7. The summed E-state index contributed by atoms with van der Waals surface area (Å²) < 4.78 is 19.1. The number of hydrogen-bond donors (Lipinski definition) is 3. The molecule has 3 rings (SSSR count). The van der Waals surface area contributed by atoms with E-state index in [1.165, 1.54) is 13.2 Å². The lowest BCUT2D eigenvalue weighted by Gasteiger charge is -2.12. The molecular weight excluding hydrogens is 285 g/mol. The lowest BCUT2D eigenvalue weighted by Crippen LogP contribution is -2.03. The van der Waals surface area contributed by atoms with E-state index in [1.54, 1.807) is 26.2 Å². The average Bonchev–Trinajstić information content (AvgIpc) is 2.98. The first kappa shape index (κ1) is 14.1. The van der Waals surface area contributed by atoms with Gasteiger partial charge in [-0.1, -0.05) is 0 Å². The molecule has 0 aliphatic heterocycles. The van der Waals surface area contributed by atoms with Crippen LogP contribution in [0.2, 0.25) is 0 Å². The summed E-state index contributed by atoms with van der Waals surface area (Å²) >= 11 is 0. The predicted molar refractivity (Wildman–Crippen MR) is 84.4 cm³/mol. The number of rotatable bonds is 4. The maximum absolute atomic E-state index is 13.8. The number of aromatic nitrogens is 3. The van der Waals surface area contributed by atoms with Crippen LogP contribution < -0.4 is 15.4 Å². The molecule has 22 heavy (non-hydrogen) atoms. The van der Waals surface area contributed by atoms with E-state index < -0.39 is 0 Å². The third-order valence-electron chi connectivity index (χ3n) is 3.38. The predicted octanol–water partition coefficient (Wildman–Crippen LogP) is 3.20. The Labute approximate surface area is 126 Å². The number of aryl methyl sites for hydroxylation is 1. The molecule has 0 fully saturated rings. The Kier molecular flexibility index (Phi) is 3.54. The molecule has 3 aromatic rings. The summed E-state index contributed by atoms with van der Waals surface area (Å²) in [5.41, 5.74) is 1.67. The number of hydrogen-bond acceptors (Lipinski definition) is 5. The minimum absolute atomic E-state index is 0.321. The molecule has 7 heteroatoms. The van der Waals surface area contributed by atoms with Crippen LogP contribution in [0.4, 0.5) is 21.8 Å². The van der Waals surface area contributed by atoms with Crippen LogP contribution in [0.3, 0.4) is 0 Å². The van der Waals surface area contributed by atoms with Gasteiger partial charge in [0, 0.05) is 19.3 Å². The number of benzene rings is 1. The van der Waals surface area contributed by atoms with Gasteiger partial charge >= 0.3 is 0 Å². The average molecular weight is 301 g/mol. The Bertz CT molecular complexity index is 830. The van der Waals surface area contributed by atoms with Crippen LogP contribution in [0.5, 0.6) is 5.75 Å². The van der Waals surface area contributed by atoms with Crippen molar-refractivity contribution in [2.24, 2.45) is 0 Å². The molecule has 114 valence electrons. The molecule has 1 aromatic carbocycles. The second-order valence-electron chi connectivity index (χ2n) is 4.81. The Hall–Kier alpha value is -2.83. The lowest BCUT2D eigenvalue weighted by molar-refractivity contribution is 0.415. The molecule has 2 heterocycles. The summed E-state index contributed by atoms with van der Waals surface area (Å²) in [7, 11) is 3.32. The number of anilines is 3. The van der Waals surface area contributed by atoms with Gasteiger partial charge in [-0.05, 0) is 24.6 Å². The van der Waals surface area contributed by atoms with Gasteiger partial charge in [-0.25, -0.2) is 4.39 Å². The second kappa shape index (κ2) is 5.51. The summed E-state index contributed by atoms with van der Waals surface area (Å²) in [5, 5.41) is 6.90. The molecule has 2 aromatic heterocycles. The van der Waals surface area contributed by atoms with E-state index in [0.717, 1.165) is 5.39 Å². The molecule has 0 bridgehead atoms. The maximum Gasteiger partial charge on any atom is 0.231 e. The van der Waals surface area contributed by atoms with Gasteiger partial charge in [0.05, 0.1) is 18.2 Å². The molecule has 0 aliphatic rings. The van der Waals surface area contributed by atoms with Gasteiger partial charge in [-0.3, -0.25) is 0 Å². The van der Waals surface area contributed by atoms with Crippen molar-refractivity contribution in [3.63, 3.8) is 0 Å². The molecule has 0 unspecified atom stereocenters. The summed E-state index contributed by atoms with van der Waals surface area (Å²) in [6, 6.07) is 4.89. The smallest absolute Gasteiger partial charge is 0.231 e. The molecule has 0 amide bonds. The van der Waals surface area contributed by atoms with Crippen LogP contribution in [0, 0.1) is 12.7 Å². The van der Waals surface area contributed by atoms with Crippen molar-refractivity contribution in [1.82, 2.24) is 15.0 Å². The van der Waals surface area contributed by atoms with Crippen LogP contribution in [0.1, 0.15) is 5.56 Å². The number of ether oxygens (including phenoxy) is 1. The molecular formula is C15H16FN5O. The Morgan fingerprint density at radius 1 is 1.27 bits per heavy atom. The van der Waals surface area contributed by atoms with Crippen molar-refractivity contribution in [1.29, 1.82) is 0 Å². The maximum atomic E-state index is 13.8. The molecule has 0 saturated heterocycles. The van der Waals surface area contributed by atoms with E-state index in [4.69, 9.17) is 4.74 Å². The summed E-state index contributed by atoms with van der Waals surface area (Å²) in [4.78, 5) is 11.8. The summed E-state index contributed by atoms with van der Waals surface area (Å²) in [6.45, 7) is 1.68. The van der Waals surface area contributed by atoms with Crippen LogP contribution in [0.15, 0.2) is 24.4 Å². The lowest BCUT2D eigenvalue weighted by atomic mass is 10.2. The topological polar surface area (TPSA) is 74.9 Å². The van der Waals surface area contributed by atoms with Gasteiger partial charge in [0.2, 0.25) is 5.95 Å². The minimum Gasteiger partial charge on any atom is -0.495 e. The Balaban J connectivity index is 2.04. The molecule has 6 nitrogen and oxygen atoms in total. The van der Waals surface area contributed by atoms with Crippen molar-refractivity contribution < 1.29 is 9.13 Å². The van der Waals surface area contributed by atoms with Crippen molar-refractivity contribution in [3.8, 4) is 5.75 Å². The highest BCUT2D eigenvalue weighted by Gasteiger charge is 2.12. The minimum atomic E-state index is -0.321. The van der Waals surface area contributed by atoms with Crippen molar-refractivity contribution >= 4 is 28.5 Å². The zero-order valence-corrected chi connectivity index (χ0v) is 12.5. The fourth-order valence-electron chi connectivity index (χ4n) is 2.23. The zero-order valence-electron chi connectivity index (χ0n) is 12.5. The highest BCUT2D eigenvalue weighted by molar-refractivity contribution is 5.88. The number of H-pyrrole nitrogens is 1. The molecule has 0 aliphatic carbocycles. The fourth-order valence-corrected chi connectivity index (χ4v) is 2.23. The number of fused-ring (bicyclic) bond motifs is 1. The Morgan fingerprint density at radius 2 is 2.09 bits per heavy atom. The standard InChI is InChI=1S/C15H16FN5O/c1-8-6-12(22-3)11(7-10(8)16)19-15-20-13(17-2)9-4-5-18-14(9)21-15/h4-7H,1-3H3,(H3,17,18,19,20,21). The van der Waals surface area contributed by atoms with Crippen LogP contribution in [-0.2, 0) is 0 Å². The van der Waals surface area contributed by atoms with E-state index in [2.05, 4.69) is 25.6 Å². The molecule has 0 atom stereocenters. The van der Waals surface area contributed by atoms with Crippen LogP contribution in [0.25, 0.3) is 11.0 Å².